The SMILES string of the molecule is O=C(CCCn1cccn1)N1CCc2oc(Cc3ccccc3)nc2C1. The summed E-state index contributed by atoms with van der Waals surface area (Å²) in [6.07, 6.45) is 6.42. The monoisotopic (exact) mass is 350 g/mol. The molecule has 0 radical (unpaired) electrons. The van der Waals surface area contributed by atoms with Crippen LogP contribution in [0.5, 0.6) is 0 Å². The minimum Gasteiger partial charge on any atom is -0.445 e. The van der Waals surface area contributed by atoms with Gasteiger partial charge in [0.15, 0.2) is 5.89 Å². The molecular formula is C20H22N4O2. The molecule has 0 saturated carbocycles. The van der Waals surface area contributed by atoms with E-state index < -0.39 is 0 Å². The van der Waals surface area contributed by atoms with E-state index >= 15 is 0 Å². The van der Waals surface area contributed by atoms with Gasteiger partial charge in [-0.15, -0.1) is 0 Å². The molecule has 3 heterocycles. The molecule has 1 amide bonds. The average molecular weight is 350 g/mol. The maximum Gasteiger partial charge on any atom is 0.223 e. The molecule has 1 aliphatic heterocycles. The Morgan fingerprint density at radius 1 is 1.19 bits per heavy atom. The van der Waals surface area contributed by atoms with Crippen molar-refractivity contribution in [1.29, 1.82) is 0 Å². The van der Waals surface area contributed by atoms with Gasteiger partial charge < -0.3 is 9.32 Å². The quantitative estimate of drug-likeness (QED) is 0.686. The molecule has 0 fully saturated rings. The van der Waals surface area contributed by atoms with Crippen LogP contribution in [0.25, 0.3) is 0 Å². The van der Waals surface area contributed by atoms with Gasteiger partial charge in [-0.2, -0.15) is 5.10 Å². The second kappa shape index (κ2) is 7.56. The number of nitrogens with zero attached hydrogens (tertiary/aromatic N) is 4. The second-order valence-electron chi connectivity index (χ2n) is 6.58. The van der Waals surface area contributed by atoms with Gasteiger partial charge in [-0.1, -0.05) is 30.3 Å². The molecule has 0 unspecified atom stereocenters. The summed E-state index contributed by atoms with van der Waals surface area (Å²) in [7, 11) is 0. The van der Waals surface area contributed by atoms with Crippen molar-refractivity contribution in [2.45, 2.75) is 38.8 Å². The highest BCUT2D eigenvalue weighted by Crippen LogP contribution is 2.22. The van der Waals surface area contributed by atoms with Crippen LogP contribution >= 0.6 is 0 Å². The van der Waals surface area contributed by atoms with Crippen molar-refractivity contribution in [3.63, 3.8) is 0 Å². The summed E-state index contributed by atoms with van der Waals surface area (Å²) in [5, 5.41) is 4.16. The lowest BCUT2D eigenvalue weighted by molar-refractivity contribution is -0.132. The Morgan fingerprint density at radius 3 is 2.88 bits per heavy atom. The van der Waals surface area contributed by atoms with E-state index in [0.29, 0.717) is 25.9 Å². The Kier molecular flexibility index (Phi) is 4.82. The fraction of sp³-hybridized carbons (Fsp3) is 0.350. The van der Waals surface area contributed by atoms with E-state index in [1.54, 1.807) is 6.20 Å². The third-order valence-corrected chi connectivity index (χ3v) is 4.66. The summed E-state index contributed by atoms with van der Waals surface area (Å²) >= 11 is 0. The molecule has 0 N–H and O–H groups in total. The van der Waals surface area contributed by atoms with Gasteiger partial charge in [0.05, 0.1) is 6.54 Å². The van der Waals surface area contributed by atoms with E-state index in [2.05, 4.69) is 22.2 Å². The van der Waals surface area contributed by atoms with Gasteiger partial charge in [0, 0.05) is 44.7 Å². The number of rotatable bonds is 6. The van der Waals surface area contributed by atoms with Crippen LogP contribution in [0.3, 0.4) is 0 Å². The number of fused-ring (bicyclic) bond motifs is 1. The number of hydrogen-bond donors (Lipinski definition) is 0. The molecule has 0 saturated heterocycles. The third kappa shape index (κ3) is 3.85. The van der Waals surface area contributed by atoms with Gasteiger partial charge >= 0.3 is 0 Å². The highest BCUT2D eigenvalue weighted by molar-refractivity contribution is 5.76. The average Bonchev–Trinajstić information content (AvgIpc) is 3.31. The molecule has 4 rings (SSSR count). The van der Waals surface area contributed by atoms with E-state index in [0.717, 1.165) is 36.7 Å². The van der Waals surface area contributed by atoms with E-state index in [1.165, 1.54) is 5.56 Å². The molecule has 6 heteroatoms. The Balaban J connectivity index is 1.33. The van der Waals surface area contributed by atoms with Crippen molar-refractivity contribution in [2.24, 2.45) is 0 Å². The first-order valence-corrected chi connectivity index (χ1v) is 9.04. The summed E-state index contributed by atoms with van der Waals surface area (Å²) in [4.78, 5) is 19.0. The molecule has 0 spiro atoms. The number of amides is 1. The number of hydrogen-bond acceptors (Lipinski definition) is 4. The second-order valence-corrected chi connectivity index (χ2v) is 6.58. The van der Waals surface area contributed by atoms with Crippen LogP contribution in [0.4, 0.5) is 0 Å². The topological polar surface area (TPSA) is 64.2 Å². The summed E-state index contributed by atoms with van der Waals surface area (Å²) < 4.78 is 7.76. The highest BCUT2D eigenvalue weighted by Gasteiger charge is 2.25. The first-order chi connectivity index (χ1) is 12.8. The zero-order valence-electron chi connectivity index (χ0n) is 14.7. The summed E-state index contributed by atoms with van der Waals surface area (Å²) in [6, 6.07) is 12.1. The predicted molar refractivity (Wildman–Crippen MR) is 96.3 cm³/mol. The van der Waals surface area contributed by atoms with Crippen molar-refractivity contribution >= 4 is 5.91 Å². The molecule has 3 aromatic rings. The molecule has 0 atom stereocenters. The first-order valence-electron chi connectivity index (χ1n) is 9.04. The lowest BCUT2D eigenvalue weighted by atomic mass is 10.1. The van der Waals surface area contributed by atoms with Gasteiger partial charge in [-0.05, 0) is 18.1 Å². The van der Waals surface area contributed by atoms with Crippen molar-refractivity contribution < 1.29 is 9.21 Å². The van der Waals surface area contributed by atoms with E-state index in [9.17, 15) is 4.79 Å². The predicted octanol–water partition coefficient (Wildman–Crippen LogP) is 2.83. The number of aromatic nitrogens is 3. The zero-order valence-corrected chi connectivity index (χ0v) is 14.7. The Morgan fingerprint density at radius 2 is 2.08 bits per heavy atom. The van der Waals surface area contributed by atoms with E-state index in [1.807, 2.05) is 40.0 Å². The molecule has 134 valence electrons. The number of oxazole rings is 1. The van der Waals surface area contributed by atoms with Crippen LogP contribution in [-0.4, -0.2) is 32.1 Å². The van der Waals surface area contributed by atoms with Crippen LogP contribution in [0, 0.1) is 0 Å². The Labute approximate surface area is 152 Å². The van der Waals surface area contributed by atoms with Crippen molar-refractivity contribution in [3.05, 3.63) is 71.7 Å². The van der Waals surface area contributed by atoms with Gasteiger partial charge in [0.25, 0.3) is 0 Å². The van der Waals surface area contributed by atoms with Crippen LogP contribution in [-0.2, 0) is 30.7 Å². The molecule has 0 aliphatic carbocycles. The molecule has 26 heavy (non-hydrogen) atoms. The largest absolute Gasteiger partial charge is 0.445 e. The lowest BCUT2D eigenvalue weighted by Gasteiger charge is -2.25. The molecule has 1 aliphatic rings. The van der Waals surface area contributed by atoms with Gasteiger partial charge in [0.1, 0.15) is 11.5 Å². The number of carbonyl (C=O) groups excluding carboxylic acids is 1. The maximum atomic E-state index is 12.5. The summed E-state index contributed by atoms with van der Waals surface area (Å²) in [6.45, 7) is 2.02. The van der Waals surface area contributed by atoms with Gasteiger partial charge in [-0.25, -0.2) is 4.98 Å². The number of benzene rings is 1. The van der Waals surface area contributed by atoms with Gasteiger partial charge in [0.2, 0.25) is 5.91 Å². The van der Waals surface area contributed by atoms with E-state index in [4.69, 9.17) is 4.42 Å². The van der Waals surface area contributed by atoms with Crippen LogP contribution in [0.1, 0.15) is 35.7 Å². The summed E-state index contributed by atoms with van der Waals surface area (Å²) in [5.41, 5.74) is 2.08. The van der Waals surface area contributed by atoms with Crippen molar-refractivity contribution in [2.75, 3.05) is 6.54 Å². The Hall–Kier alpha value is -2.89. The number of aryl methyl sites for hydroxylation is 1. The zero-order chi connectivity index (χ0) is 17.8. The minimum absolute atomic E-state index is 0.176. The third-order valence-electron chi connectivity index (χ3n) is 4.66. The lowest BCUT2D eigenvalue weighted by Crippen LogP contribution is -2.35. The first kappa shape index (κ1) is 16.6. The fourth-order valence-electron chi connectivity index (χ4n) is 3.29. The molecule has 0 bridgehead atoms. The van der Waals surface area contributed by atoms with Crippen LogP contribution in [0.2, 0.25) is 0 Å². The molecule has 1 aromatic carbocycles. The maximum absolute atomic E-state index is 12.5. The molecule has 6 nitrogen and oxygen atoms in total. The standard InChI is InChI=1S/C20H22N4O2/c25-20(8-4-11-24-12-5-10-21-24)23-13-9-18-17(15-23)22-19(26-18)14-16-6-2-1-3-7-16/h1-3,5-7,10,12H,4,8-9,11,13-15H2. The van der Waals surface area contributed by atoms with Crippen LogP contribution in [0.15, 0.2) is 53.2 Å². The smallest absolute Gasteiger partial charge is 0.223 e. The van der Waals surface area contributed by atoms with Crippen LogP contribution < -0.4 is 0 Å². The van der Waals surface area contributed by atoms with Gasteiger partial charge in [-0.3, -0.25) is 9.48 Å². The highest BCUT2D eigenvalue weighted by atomic mass is 16.4. The minimum atomic E-state index is 0.176. The van der Waals surface area contributed by atoms with E-state index in [-0.39, 0.29) is 5.91 Å². The van der Waals surface area contributed by atoms with Crippen molar-refractivity contribution in [1.82, 2.24) is 19.7 Å². The summed E-state index contributed by atoms with van der Waals surface area (Å²) in [5.74, 6) is 1.83. The normalized spacial score (nSPS) is 13.6. The molecular weight excluding hydrogens is 328 g/mol. The number of carbonyl (C=O) groups is 1. The molecule has 2 aromatic heterocycles. The Bertz CT molecular complexity index is 855. The fourth-order valence-corrected chi connectivity index (χ4v) is 3.29. The van der Waals surface area contributed by atoms with Crippen molar-refractivity contribution in [3.8, 4) is 0 Å².